The lowest BCUT2D eigenvalue weighted by atomic mass is 10.2. The summed E-state index contributed by atoms with van der Waals surface area (Å²) in [6.45, 7) is 1.68. The number of rotatable bonds is 7. The fourth-order valence-electron chi connectivity index (χ4n) is 0.645. The van der Waals surface area contributed by atoms with Crippen molar-refractivity contribution in [2.45, 2.75) is 13.2 Å². The van der Waals surface area contributed by atoms with E-state index in [0.717, 1.165) is 0 Å². The molecule has 0 saturated heterocycles. The quantitative estimate of drug-likeness (QED) is 0.634. The molecule has 1 atom stereocenters. The summed E-state index contributed by atoms with van der Waals surface area (Å²) in [4.78, 5) is 10.4. The lowest BCUT2D eigenvalue weighted by Crippen LogP contribution is -2.18. The van der Waals surface area contributed by atoms with Crippen molar-refractivity contribution < 1.29 is 19.4 Å². The molecule has 0 saturated carbocycles. The molecule has 0 radical (unpaired) electrons. The van der Waals surface area contributed by atoms with Crippen LogP contribution in [-0.4, -0.2) is 43.1 Å². The van der Waals surface area contributed by atoms with E-state index in [1.54, 1.807) is 21.1 Å². The summed E-state index contributed by atoms with van der Waals surface area (Å²) in [6, 6.07) is 0. The molecule has 0 amide bonds. The second kappa shape index (κ2) is 7.17. The summed E-state index contributed by atoms with van der Waals surface area (Å²) in [5.74, 6) is 0.154. The molecule has 0 aromatic heterocycles. The van der Waals surface area contributed by atoms with Crippen molar-refractivity contribution in [1.29, 1.82) is 0 Å². The molecule has 0 spiro atoms. The van der Waals surface area contributed by atoms with Crippen molar-refractivity contribution in [3.8, 4) is 0 Å². The van der Waals surface area contributed by atoms with Crippen LogP contribution in [-0.2, 0) is 14.3 Å². The smallest absolute Gasteiger partial charge is 0.307 e. The summed E-state index contributed by atoms with van der Waals surface area (Å²) in [5, 5.41) is 8.59. The molecule has 5 heteroatoms. The molecule has 0 aliphatic heterocycles. The van der Waals surface area contributed by atoms with Gasteiger partial charge in [-0.2, -0.15) is 11.8 Å². The topological polar surface area (TPSA) is 55.8 Å². The van der Waals surface area contributed by atoms with Gasteiger partial charge in [0.05, 0.1) is 5.92 Å². The second-order valence-corrected chi connectivity index (χ2v) is 3.75. The summed E-state index contributed by atoms with van der Waals surface area (Å²) in [6.07, 6.45) is -0.244. The SMILES string of the molecule is COC(CSCC(C)C(=O)O)OC. The van der Waals surface area contributed by atoms with Crippen molar-refractivity contribution in [2.24, 2.45) is 5.92 Å². The van der Waals surface area contributed by atoms with Crippen LogP contribution < -0.4 is 0 Å². The van der Waals surface area contributed by atoms with Crippen molar-refractivity contribution in [3.63, 3.8) is 0 Å². The Hall–Kier alpha value is -0.260. The van der Waals surface area contributed by atoms with E-state index in [-0.39, 0.29) is 12.2 Å². The Bertz CT molecular complexity index is 147. The van der Waals surface area contributed by atoms with Gasteiger partial charge >= 0.3 is 5.97 Å². The number of ether oxygens (including phenoxy) is 2. The summed E-state index contributed by atoms with van der Waals surface area (Å²) in [7, 11) is 3.13. The van der Waals surface area contributed by atoms with Crippen LogP contribution in [0.1, 0.15) is 6.92 Å². The molecule has 0 aliphatic carbocycles. The van der Waals surface area contributed by atoms with Crippen molar-refractivity contribution in [1.82, 2.24) is 0 Å². The van der Waals surface area contributed by atoms with E-state index in [0.29, 0.717) is 11.5 Å². The monoisotopic (exact) mass is 208 g/mol. The maximum absolute atomic E-state index is 10.4. The Morgan fingerprint density at radius 3 is 2.31 bits per heavy atom. The van der Waals surface area contributed by atoms with Gasteiger partial charge < -0.3 is 14.6 Å². The predicted octanol–water partition coefficient (Wildman–Crippen LogP) is 1.06. The Balaban J connectivity index is 3.48. The molecular weight excluding hydrogens is 192 g/mol. The number of carboxylic acids is 1. The van der Waals surface area contributed by atoms with Crippen LogP contribution in [0.15, 0.2) is 0 Å². The molecule has 0 rings (SSSR count). The summed E-state index contributed by atoms with van der Waals surface area (Å²) < 4.78 is 9.90. The van der Waals surface area contributed by atoms with Crippen molar-refractivity contribution in [3.05, 3.63) is 0 Å². The first-order valence-electron chi connectivity index (χ1n) is 3.98. The molecule has 0 aromatic rings. The molecule has 4 nitrogen and oxygen atoms in total. The summed E-state index contributed by atoms with van der Waals surface area (Å²) in [5.41, 5.74) is 0. The van der Waals surface area contributed by atoms with Crippen LogP contribution in [0.5, 0.6) is 0 Å². The third kappa shape index (κ3) is 5.90. The van der Waals surface area contributed by atoms with Crippen LogP contribution in [0, 0.1) is 5.92 Å². The van der Waals surface area contributed by atoms with Gasteiger partial charge in [-0.15, -0.1) is 0 Å². The first-order valence-corrected chi connectivity index (χ1v) is 5.13. The number of methoxy groups -OCH3 is 2. The fourth-order valence-corrected chi connectivity index (χ4v) is 1.74. The van der Waals surface area contributed by atoms with Gasteiger partial charge in [-0.25, -0.2) is 0 Å². The predicted molar refractivity (Wildman–Crippen MR) is 51.9 cm³/mol. The van der Waals surface area contributed by atoms with Crippen LogP contribution in [0.3, 0.4) is 0 Å². The zero-order valence-electron chi connectivity index (χ0n) is 8.15. The highest BCUT2D eigenvalue weighted by Crippen LogP contribution is 2.11. The minimum Gasteiger partial charge on any atom is -0.481 e. The molecular formula is C8H16O4S. The number of hydrogen-bond donors (Lipinski definition) is 1. The first-order chi connectivity index (χ1) is 6.11. The van der Waals surface area contributed by atoms with Gasteiger partial charge in [0.1, 0.15) is 0 Å². The fraction of sp³-hybridized carbons (Fsp3) is 0.875. The summed E-state index contributed by atoms with van der Waals surface area (Å²) >= 11 is 1.52. The maximum Gasteiger partial charge on any atom is 0.307 e. The Kier molecular flexibility index (Phi) is 7.03. The lowest BCUT2D eigenvalue weighted by molar-refractivity contribution is -0.140. The standard InChI is InChI=1S/C8H16O4S/c1-6(8(9)10)4-13-5-7(11-2)12-3/h6-7H,4-5H2,1-3H3,(H,9,10). The van der Waals surface area contributed by atoms with Gasteiger partial charge in [0.15, 0.2) is 6.29 Å². The molecule has 0 aliphatic rings. The maximum atomic E-state index is 10.4. The second-order valence-electron chi connectivity index (χ2n) is 2.68. The third-order valence-electron chi connectivity index (χ3n) is 1.57. The number of carboxylic acid groups (broad SMARTS) is 1. The highest BCUT2D eigenvalue weighted by molar-refractivity contribution is 7.99. The number of aliphatic carboxylic acids is 1. The molecule has 0 bridgehead atoms. The molecule has 0 aromatic carbocycles. The van der Waals surface area contributed by atoms with Gasteiger partial charge in [0.2, 0.25) is 0 Å². The molecule has 1 unspecified atom stereocenters. The average Bonchev–Trinajstić information content (AvgIpc) is 2.12. The minimum atomic E-state index is -0.765. The molecule has 13 heavy (non-hydrogen) atoms. The number of carbonyl (C=O) groups is 1. The highest BCUT2D eigenvalue weighted by Gasteiger charge is 2.12. The zero-order valence-corrected chi connectivity index (χ0v) is 8.97. The van der Waals surface area contributed by atoms with E-state index < -0.39 is 5.97 Å². The largest absolute Gasteiger partial charge is 0.481 e. The van der Waals surface area contributed by atoms with Crippen LogP contribution in [0.4, 0.5) is 0 Å². The molecule has 0 fully saturated rings. The van der Waals surface area contributed by atoms with E-state index in [1.165, 1.54) is 11.8 Å². The van der Waals surface area contributed by atoms with Crippen LogP contribution in [0.2, 0.25) is 0 Å². The number of hydrogen-bond acceptors (Lipinski definition) is 4. The highest BCUT2D eigenvalue weighted by atomic mass is 32.2. The van der Waals surface area contributed by atoms with Crippen LogP contribution in [0.25, 0.3) is 0 Å². The number of thioether (sulfide) groups is 1. The van der Waals surface area contributed by atoms with Gasteiger partial charge in [0.25, 0.3) is 0 Å². The van der Waals surface area contributed by atoms with E-state index in [2.05, 4.69) is 0 Å². The van der Waals surface area contributed by atoms with Crippen LogP contribution >= 0.6 is 11.8 Å². The first kappa shape index (κ1) is 12.7. The van der Waals surface area contributed by atoms with Gasteiger partial charge in [-0.3, -0.25) is 4.79 Å². The molecule has 1 N–H and O–H groups in total. The van der Waals surface area contributed by atoms with E-state index in [4.69, 9.17) is 14.6 Å². The van der Waals surface area contributed by atoms with E-state index in [9.17, 15) is 4.79 Å². The Labute approximate surface area is 82.6 Å². The zero-order chi connectivity index (χ0) is 10.3. The van der Waals surface area contributed by atoms with Gasteiger partial charge in [-0.1, -0.05) is 6.92 Å². The average molecular weight is 208 g/mol. The van der Waals surface area contributed by atoms with Crippen molar-refractivity contribution >= 4 is 17.7 Å². The Morgan fingerprint density at radius 1 is 1.38 bits per heavy atom. The van der Waals surface area contributed by atoms with Crippen molar-refractivity contribution in [2.75, 3.05) is 25.7 Å². The third-order valence-corrected chi connectivity index (χ3v) is 2.81. The molecule has 78 valence electrons. The normalized spacial score (nSPS) is 13.2. The van der Waals surface area contributed by atoms with E-state index in [1.807, 2.05) is 0 Å². The minimum absolute atomic E-state index is 0.244. The van der Waals surface area contributed by atoms with Gasteiger partial charge in [0, 0.05) is 25.7 Å². The van der Waals surface area contributed by atoms with E-state index >= 15 is 0 Å². The lowest BCUT2D eigenvalue weighted by Gasteiger charge is -2.13. The molecule has 0 heterocycles. The Morgan fingerprint density at radius 2 is 1.92 bits per heavy atom. The van der Waals surface area contributed by atoms with Gasteiger partial charge in [-0.05, 0) is 0 Å².